The normalized spacial score (nSPS) is 26.8. The Labute approximate surface area is 228 Å². The fraction of sp³-hybridized carbons (Fsp3) is 0.556. The number of benzene rings is 1. The van der Waals surface area contributed by atoms with Crippen LogP contribution in [0.3, 0.4) is 0 Å². The van der Waals surface area contributed by atoms with E-state index < -0.39 is 5.41 Å². The number of hydrogen-bond acceptors (Lipinski definition) is 5. The van der Waals surface area contributed by atoms with Gasteiger partial charge in [-0.05, 0) is 30.5 Å². The maximum Gasteiger partial charge on any atom is 0.317 e. The van der Waals surface area contributed by atoms with Gasteiger partial charge in [-0.25, -0.2) is 0 Å². The number of esters is 1. The Bertz CT molecular complexity index is 1040. The second kappa shape index (κ2) is 11.6. The first-order chi connectivity index (χ1) is 17.0. The first-order valence-corrected chi connectivity index (χ1v) is 13.3. The van der Waals surface area contributed by atoms with Crippen molar-refractivity contribution >= 4 is 29.3 Å². The molecule has 1 aromatic carbocycles. The fourth-order valence-electron chi connectivity index (χ4n) is 6.40. The lowest BCUT2D eigenvalue weighted by Crippen LogP contribution is -3.00. The number of amides is 1. The van der Waals surface area contributed by atoms with Gasteiger partial charge in [-0.15, -0.1) is 10.2 Å². The van der Waals surface area contributed by atoms with E-state index in [1.54, 1.807) is 12.1 Å². The number of rotatable bonds is 6. The molecule has 7 nitrogen and oxygen atoms in total. The van der Waals surface area contributed by atoms with Crippen LogP contribution in [0.4, 0.5) is 5.82 Å². The number of aromatic nitrogens is 2. The van der Waals surface area contributed by atoms with Crippen molar-refractivity contribution in [2.75, 3.05) is 31.5 Å². The molecule has 36 heavy (non-hydrogen) atoms. The van der Waals surface area contributed by atoms with Crippen molar-refractivity contribution in [3.8, 4) is 0 Å². The van der Waals surface area contributed by atoms with E-state index in [1.165, 1.54) is 12.8 Å². The molecule has 4 heterocycles. The zero-order valence-electron chi connectivity index (χ0n) is 20.5. The summed E-state index contributed by atoms with van der Waals surface area (Å²) in [6.07, 6.45) is 7.93. The van der Waals surface area contributed by atoms with Gasteiger partial charge in [0.1, 0.15) is 6.54 Å². The molecule has 194 valence electrons. The lowest BCUT2D eigenvalue weighted by atomic mass is 9.74. The molecule has 3 aliphatic heterocycles. The van der Waals surface area contributed by atoms with Crippen LogP contribution in [0.25, 0.3) is 0 Å². The highest BCUT2D eigenvalue weighted by atomic mass is 79.9. The van der Waals surface area contributed by atoms with Gasteiger partial charge in [0.15, 0.2) is 23.6 Å². The van der Waals surface area contributed by atoms with Gasteiger partial charge in [-0.2, -0.15) is 0 Å². The summed E-state index contributed by atoms with van der Waals surface area (Å²) in [5, 5.41) is 10.8. The van der Waals surface area contributed by atoms with E-state index in [2.05, 4.69) is 27.6 Å². The van der Waals surface area contributed by atoms with Crippen molar-refractivity contribution in [2.24, 2.45) is 5.92 Å². The molecule has 4 fully saturated rings. The molecular weight excluding hydrogens is 544 g/mol. The summed E-state index contributed by atoms with van der Waals surface area (Å²) in [5.74, 6) is 0.605. The number of halogens is 2. The maximum absolute atomic E-state index is 13.9. The van der Waals surface area contributed by atoms with Gasteiger partial charge in [0.2, 0.25) is 0 Å². The van der Waals surface area contributed by atoms with Crippen LogP contribution in [-0.4, -0.2) is 58.8 Å². The molecule has 1 amide bonds. The minimum absolute atomic E-state index is 0. The first-order valence-electron chi connectivity index (χ1n) is 12.9. The van der Waals surface area contributed by atoms with Crippen LogP contribution < -0.4 is 22.3 Å². The standard InChI is InChI=1S/C27H33ClN4O3.BrH/c28-23-10-11-24(31-30-23)29-25(33)19-32-16-12-20(13-17-32)22(18-32)35-26(34)27(14-6-1-2-7-15-27)21-8-4-3-5-9-21;/h3-5,8-11,20,22H,1-2,6-7,12-19H2;1H/t20?,22-,32?;/m0./s1. The number of fused-ring (bicyclic) bond motifs is 3. The predicted octanol–water partition coefficient (Wildman–Crippen LogP) is 1.52. The summed E-state index contributed by atoms with van der Waals surface area (Å²) >= 11 is 5.79. The Kier molecular flexibility index (Phi) is 8.68. The number of ether oxygens (including phenoxy) is 1. The van der Waals surface area contributed by atoms with E-state index in [1.807, 2.05) is 18.2 Å². The Balaban J connectivity index is 0.00000304. The molecule has 0 radical (unpaired) electrons. The maximum atomic E-state index is 13.9. The molecule has 6 rings (SSSR count). The number of piperidine rings is 3. The number of quaternary nitrogens is 1. The molecule has 3 saturated heterocycles. The zero-order chi connectivity index (χ0) is 24.3. The highest BCUT2D eigenvalue weighted by molar-refractivity contribution is 6.29. The van der Waals surface area contributed by atoms with E-state index >= 15 is 0 Å². The Morgan fingerprint density at radius 2 is 1.69 bits per heavy atom. The first kappa shape index (κ1) is 27.0. The van der Waals surface area contributed by atoms with Crippen molar-refractivity contribution in [3.63, 3.8) is 0 Å². The third-order valence-electron chi connectivity index (χ3n) is 8.35. The number of hydrogen-bond donors (Lipinski definition) is 1. The third-order valence-corrected chi connectivity index (χ3v) is 8.55. The number of nitrogens with one attached hydrogen (secondary N) is 1. The molecule has 0 unspecified atom stereocenters. The van der Waals surface area contributed by atoms with Crippen LogP contribution in [-0.2, 0) is 19.7 Å². The monoisotopic (exact) mass is 576 g/mol. The molecule has 2 bridgehead atoms. The van der Waals surface area contributed by atoms with Gasteiger partial charge in [0.25, 0.3) is 5.91 Å². The molecule has 4 aliphatic rings. The van der Waals surface area contributed by atoms with E-state index in [9.17, 15) is 9.59 Å². The van der Waals surface area contributed by atoms with Crippen molar-refractivity contribution in [1.82, 2.24) is 10.2 Å². The van der Waals surface area contributed by atoms with E-state index in [-0.39, 0.29) is 40.1 Å². The average molecular weight is 578 g/mol. The second-order valence-electron chi connectivity index (χ2n) is 10.6. The molecule has 1 aromatic heterocycles. The average Bonchev–Trinajstić information content (AvgIpc) is 3.14. The van der Waals surface area contributed by atoms with Crippen LogP contribution in [0.2, 0.25) is 5.15 Å². The van der Waals surface area contributed by atoms with Crippen molar-refractivity contribution in [2.45, 2.75) is 62.9 Å². The molecule has 1 atom stereocenters. The minimum atomic E-state index is -0.556. The molecule has 1 saturated carbocycles. The Hall–Kier alpha value is -2.03. The summed E-state index contributed by atoms with van der Waals surface area (Å²) in [6, 6.07) is 13.5. The Morgan fingerprint density at radius 1 is 1.00 bits per heavy atom. The van der Waals surface area contributed by atoms with Gasteiger partial charge >= 0.3 is 5.97 Å². The van der Waals surface area contributed by atoms with Crippen LogP contribution in [0.5, 0.6) is 0 Å². The largest absolute Gasteiger partial charge is 1.00 e. The van der Waals surface area contributed by atoms with Crippen molar-refractivity contribution < 1.29 is 35.8 Å². The smallest absolute Gasteiger partial charge is 0.317 e. The number of carbonyl (C=O) groups excluding carboxylic acids is 2. The minimum Gasteiger partial charge on any atom is -1.00 e. The van der Waals surface area contributed by atoms with Gasteiger partial charge in [0, 0.05) is 18.8 Å². The van der Waals surface area contributed by atoms with Crippen LogP contribution in [0, 0.1) is 5.92 Å². The van der Waals surface area contributed by atoms with E-state index in [4.69, 9.17) is 16.3 Å². The second-order valence-corrected chi connectivity index (χ2v) is 10.9. The molecule has 9 heteroatoms. The van der Waals surface area contributed by atoms with Crippen LogP contribution >= 0.6 is 11.6 Å². The van der Waals surface area contributed by atoms with Gasteiger partial charge in [-0.3, -0.25) is 9.59 Å². The van der Waals surface area contributed by atoms with Crippen molar-refractivity contribution in [3.05, 3.63) is 53.2 Å². The quantitative estimate of drug-likeness (QED) is 0.320. The van der Waals surface area contributed by atoms with E-state index in [0.29, 0.717) is 29.3 Å². The number of carbonyl (C=O) groups is 2. The summed E-state index contributed by atoms with van der Waals surface area (Å²) in [7, 11) is 0. The molecular formula is C27H34BrClN4O3. The summed E-state index contributed by atoms with van der Waals surface area (Å²) < 4.78 is 7.05. The Morgan fingerprint density at radius 3 is 2.33 bits per heavy atom. The van der Waals surface area contributed by atoms with Gasteiger partial charge in [0.05, 0.1) is 18.5 Å². The SMILES string of the molecule is O=C(C[N+]12CCC(CC1)[C@@H](OC(=O)C1(c3ccccc3)CCCCCC1)C2)Nc1ccc(Cl)nn1.[Br-]. The number of anilines is 1. The zero-order valence-corrected chi connectivity index (χ0v) is 22.8. The third kappa shape index (κ3) is 5.76. The highest BCUT2D eigenvalue weighted by Gasteiger charge is 2.51. The summed E-state index contributed by atoms with van der Waals surface area (Å²) in [5.41, 5.74) is 0.528. The van der Waals surface area contributed by atoms with Crippen molar-refractivity contribution in [1.29, 1.82) is 0 Å². The summed E-state index contributed by atoms with van der Waals surface area (Å²) in [6.45, 7) is 2.90. The molecule has 2 aromatic rings. The number of nitrogens with zero attached hydrogens (tertiary/aromatic N) is 3. The predicted molar refractivity (Wildman–Crippen MR) is 134 cm³/mol. The van der Waals surface area contributed by atoms with E-state index in [0.717, 1.165) is 57.2 Å². The lowest BCUT2D eigenvalue weighted by molar-refractivity contribution is -0.939. The van der Waals surface area contributed by atoms with Gasteiger partial charge in [-0.1, -0.05) is 67.6 Å². The van der Waals surface area contributed by atoms with Crippen LogP contribution in [0.1, 0.15) is 56.9 Å². The highest BCUT2D eigenvalue weighted by Crippen LogP contribution is 2.42. The molecule has 1 N–H and O–H groups in total. The van der Waals surface area contributed by atoms with Gasteiger partial charge < -0.3 is 31.5 Å². The lowest BCUT2D eigenvalue weighted by Gasteiger charge is -2.52. The summed E-state index contributed by atoms with van der Waals surface area (Å²) in [4.78, 5) is 26.7. The fourth-order valence-corrected chi connectivity index (χ4v) is 6.50. The molecule has 1 aliphatic carbocycles. The van der Waals surface area contributed by atoms with Crippen LogP contribution in [0.15, 0.2) is 42.5 Å². The molecule has 0 spiro atoms. The topological polar surface area (TPSA) is 81.2 Å².